The third kappa shape index (κ3) is 4.04. The smallest absolute Gasteiger partial charge is 0.264 e. The summed E-state index contributed by atoms with van der Waals surface area (Å²) in [5, 5.41) is 3.20. The second-order valence-electron chi connectivity index (χ2n) is 3.20. The fraction of sp³-hybridized carbons (Fsp3) is 1.00. The maximum absolute atomic E-state index is 10.6. The van der Waals surface area contributed by atoms with Gasteiger partial charge in [0.25, 0.3) is 10.1 Å². The first-order valence-electron chi connectivity index (χ1n) is 4.13. The number of piperidine rings is 1. The summed E-state index contributed by atoms with van der Waals surface area (Å²) < 4.78 is 26.0. The van der Waals surface area contributed by atoms with E-state index in [9.17, 15) is 8.42 Å². The molecule has 1 atom stereocenters. The van der Waals surface area contributed by atoms with Crippen molar-refractivity contribution in [2.24, 2.45) is 5.92 Å². The van der Waals surface area contributed by atoms with E-state index in [0.29, 0.717) is 12.5 Å². The Hall–Kier alpha value is -0.130. The van der Waals surface area contributed by atoms with Crippen LogP contribution in [-0.2, 0) is 14.3 Å². The van der Waals surface area contributed by atoms with Gasteiger partial charge in [-0.05, 0) is 25.3 Å². The number of hydrogen-bond acceptors (Lipinski definition) is 4. The molecule has 72 valence electrons. The maximum Gasteiger partial charge on any atom is 0.264 e. The van der Waals surface area contributed by atoms with Gasteiger partial charge in [-0.25, -0.2) is 0 Å². The van der Waals surface area contributed by atoms with Gasteiger partial charge in [0.2, 0.25) is 0 Å². The minimum atomic E-state index is -3.25. The molecule has 0 aromatic heterocycles. The van der Waals surface area contributed by atoms with Crippen LogP contribution in [0.4, 0.5) is 0 Å². The summed E-state index contributed by atoms with van der Waals surface area (Å²) in [6, 6.07) is 0. The molecule has 0 spiro atoms. The van der Waals surface area contributed by atoms with E-state index < -0.39 is 10.1 Å². The summed E-state index contributed by atoms with van der Waals surface area (Å²) in [6.07, 6.45) is 3.25. The van der Waals surface area contributed by atoms with Gasteiger partial charge >= 0.3 is 0 Å². The fourth-order valence-corrected chi connectivity index (χ4v) is 1.73. The average Bonchev–Trinajstić information content (AvgIpc) is 2.02. The van der Waals surface area contributed by atoms with Crippen molar-refractivity contribution in [3.05, 3.63) is 0 Å². The van der Waals surface area contributed by atoms with Crippen LogP contribution in [0.2, 0.25) is 0 Å². The third-order valence-corrected chi connectivity index (χ3v) is 2.48. The second-order valence-corrected chi connectivity index (χ2v) is 4.84. The molecule has 0 aliphatic carbocycles. The highest BCUT2D eigenvalue weighted by atomic mass is 32.2. The molecule has 12 heavy (non-hydrogen) atoms. The average molecular weight is 193 g/mol. The molecular formula is C7H15NO3S. The molecule has 0 bridgehead atoms. The molecule has 1 N–H and O–H groups in total. The SMILES string of the molecule is CS(=O)(=O)OCC1CCCNC1. The molecule has 1 aliphatic rings. The summed E-state index contributed by atoms with van der Waals surface area (Å²) in [5.74, 6) is 0.355. The van der Waals surface area contributed by atoms with Crippen LogP contribution < -0.4 is 5.32 Å². The van der Waals surface area contributed by atoms with Crippen LogP contribution in [0.5, 0.6) is 0 Å². The number of rotatable bonds is 3. The van der Waals surface area contributed by atoms with E-state index in [1.165, 1.54) is 0 Å². The van der Waals surface area contributed by atoms with Crippen molar-refractivity contribution in [1.82, 2.24) is 5.32 Å². The van der Waals surface area contributed by atoms with Gasteiger partial charge in [0.1, 0.15) is 0 Å². The zero-order valence-corrected chi connectivity index (χ0v) is 8.06. The molecule has 1 unspecified atom stereocenters. The molecule has 0 aromatic rings. The lowest BCUT2D eigenvalue weighted by Gasteiger charge is -2.21. The number of hydrogen-bond donors (Lipinski definition) is 1. The lowest BCUT2D eigenvalue weighted by Crippen LogP contribution is -2.32. The lowest BCUT2D eigenvalue weighted by molar-refractivity contribution is 0.225. The normalized spacial score (nSPS) is 25.6. The van der Waals surface area contributed by atoms with Crippen molar-refractivity contribution in [1.29, 1.82) is 0 Å². The fourth-order valence-electron chi connectivity index (χ4n) is 1.29. The third-order valence-electron chi connectivity index (χ3n) is 1.92. The first-order chi connectivity index (χ1) is 5.58. The van der Waals surface area contributed by atoms with Gasteiger partial charge in [-0.2, -0.15) is 8.42 Å². The molecule has 4 nitrogen and oxygen atoms in total. The van der Waals surface area contributed by atoms with Crippen LogP contribution >= 0.6 is 0 Å². The monoisotopic (exact) mass is 193 g/mol. The van der Waals surface area contributed by atoms with Crippen LogP contribution in [0.15, 0.2) is 0 Å². The van der Waals surface area contributed by atoms with Crippen LogP contribution in [-0.4, -0.2) is 34.4 Å². The molecule has 0 radical (unpaired) electrons. The van der Waals surface area contributed by atoms with Crippen molar-refractivity contribution in [3.8, 4) is 0 Å². The lowest BCUT2D eigenvalue weighted by atomic mass is 10.0. The first-order valence-corrected chi connectivity index (χ1v) is 5.95. The van der Waals surface area contributed by atoms with Crippen LogP contribution in [0.1, 0.15) is 12.8 Å². The quantitative estimate of drug-likeness (QED) is 0.639. The van der Waals surface area contributed by atoms with E-state index in [4.69, 9.17) is 4.18 Å². The molecule has 1 saturated heterocycles. The summed E-state index contributed by atoms with van der Waals surface area (Å²) in [5.41, 5.74) is 0. The molecule has 0 saturated carbocycles. The minimum absolute atomic E-state index is 0.325. The van der Waals surface area contributed by atoms with Gasteiger partial charge in [-0.3, -0.25) is 4.18 Å². The van der Waals surface area contributed by atoms with Crippen molar-refractivity contribution in [2.45, 2.75) is 12.8 Å². The van der Waals surface area contributed by atoms with Crippen LogP contribution in [0.3, 0.4) is 0 Å². The molecular weight excluding hydrogens is 178 g/mol. The Balaban J connectivity index is 2.22. The first kappa shape index (κ1) is 9.95. The maximum atomic E-state index is 10.6. The van der Waals surface area contributed by atoms with Crippen molar-refractivity contribution >= 4 is 10.1 Å². The van der Waals surface area contributed by atoms with E-state index in [1.54, 1.807) is 0 Å². The van der Waals surface area contributed by atoms with Gasteiger partial charge in [-0.15, -0.1) is 0 Å². The van der Waals surface area contributed by atoms with Gasteiger partial charge in [0.15, 0.2) is 0 Å². The van der Waals surface area contributed by atoms with Gasteiger partial charge in [0, 0.05) is 6.54 Å². The van der Waals surface area contributed by atoms with Crippen molar-refractivity contribution in [3.63, 3.8) is 0 Å². The van der Waals surface area contributed by atoms with Crippen LogP contribution in [0.25, 0.3) is 0 Å². The Morgan fingerprint density at radius 1 is 1.58 bits per heavy atom. The number of nitrogens with one attached hydrogen (secondary N) is 1. The van der Waals surface area contributed by atoms with E-state index >= 15 is 0 Å². The molecule has 5 heteroatoms. The van der Waals surface area contributed by atoms with E-state index in [0.717, 1.165) is 32.2 Å². The Morgan fingerprint density at radius 2 is 2.33 bits per heavy atom. The Morgan fingerprint density at radius 3 is 2.83 bits per heavy atom. The standard InChI is InChI=1S/C7H15NO3S/c1-12(9,10)11-6-7-3-2-4-8-5-7/h7-8H,2-6H2,1H3. The highest BCUT2D eigenvalue weighted by Gasteiger charge is 2.15. The van der Waals surface area contributed by atoms with Crippen molar-refractivity contribution in [2.75, 3.05) is 26.0 Å². The largest absolute Gasteiger partial charge is 0.316 e. The predicted molar refractivity (Wildman–Crippen MR) is 46.4 cm³/mol. The summed E-state index contributed by atoms with van der Waals surface area (Å²) >= 11 is 0. The topological polar surface area (TPSA) is 55.4 Å². The molecule has 1 rings (SSSR count). The van der Waals surface area contributed by atoms with E-state index in [1.807, 2.05) is 0 Å². The zero-order chi connectivity index (χ0) is 9.03. The predicted octanol–water partition coefficient (Wildman–Crippen LogP) is -0.0378. The molecule has 1 heterocycles. The van der Waals surface area contributed by atoms with Gasteiger partial charge in [0.05, 0.1) is 12.9 Å². The minimum Gasteiger partial charge on any atom is -0.316 e. The molecule has 1 fully saturated rings. The molecule has 0 amide bonds. The summed E-state index contributed by atoms with van der Waals surface area (Å²) in [6.45, 7) is 2.23. The molecule has 0 aromatic carbocycles. The summed E-state index contributed by atoms with van der Waals surface area (Å²) in [4.78, 5) is 0. The van der Waals surface area contributed by atoms with Crippen LogP contribution in [0, 0.1) is 5.92 Å². The van der Waals surface area contributed by atoms with E-state index in [2.05, 4.69) is 5.32 Å². The van der Waals surface area contributed by atoms with Gasteiger partial charge in [-0.1, -0.05) is 0 Å². The second kappa shape index (κ2) is 4.20. The Kier molecular flexibility index (Phi) is 3.49. The summed E-state index contributed by atoms with van der Waals surface area (Å²) in [7, 11) is -3.25. The Labute approximate surface area is 73.4 Å². The molecule has 1 aliphatic heterocycles. The highest BCUT2D eigenvalue weighted by molar-refractivity contribution is 7.85. The van der Waals surface area contributed by atoms with Gasteiger partial charge < -0.3 is 5.32 Å². The Bertz CT molecular complexity index is 219. The zero-order valence-electron chi connectivity index (χ0n) is 7.25. The van der Waals surface area contributed by atoms with Crippen molar-refractivity contribution < 1.29 is 12.6 Å². The highest BCUT2D eigenvalue weighted by Crippen LogP contribution is 2.10. The van der Waals surface area contributed by atoms with E-state index in [-0.39, 0.29) is 0 Å².